The number of para-hydroxylation sites is 1. The number of nitrogens with one attached hydrogen (secondary N) is 3. The molecule has 1 aliphatic heterocycles. The first-order valence-corrected chi connectivity index (χ1v) is 9.29. The van der Waals surface area contributed by atoms with Crippen molar-refractivity contribution in [3.05, 3.63) is 42.2 Å². The third kappa shape index (κ3) is 2.89. The fourth-order valence-corrected chi connectivity index (χ4v) is 3.79. The molecule has 0 spiro atoms. The fraction of sp³-hybridized carbons (Fsp3) is 0.400. The average Bonchev–Trinajstić information content (AvgIpc) is 3.41. The zero-order valence-electron chi connectivity index (χ0n) is 14.3. The van der Waals surface area contributed by atoms with E-state index < -0.39 is 0 Å². The maximum absolute atomic E-state index is 4.95. The summed E-state index contributed by atoms with van der Waals surface area (Å²) in [6.07, 6.45) is 9.00. The van der Waals surface area contributed by atoms with Crippen molar-refractivity contribution in [3.8, 4) is 11.3 Å². The number of anilines is 1. The minimum absolute atomic E-state index is 0.413. The topological polar surface area (TPSA) is 65.6 Å². The molecule has 0 radical (unpaired) electrons. The van der Waals surface area contributed by atoms with Crippen LogP contribution in [0.3, 0.4) is 0 Å². The molecule has 0 unspecified atom stereocenters. The Morgan fingerprint density at radius 2 is 2.04 bits per heavy atom. The summed E-state index contributed by atoms with van der Waals surface area (Å²) in [7, 11) is 0. The number of rotatable bonds is 4. The lowest BCUT2D eigenvalue weighted by molar-refractivity contribution is 0.478. The molecule has 3 aromatic rings. The van der Waals surface area contributed by atoms with Crippen LogP contribution in [0.4, 0.5) is 5.95 Å². The molecule has 5 nitrogen and oxygen atoms in total. The van der Waals surface area contributed by atoms with Gasteiger partial charge in [0.15, 0.2) is 0 Å². The van der Waals surface area contributed by atoms with E-state index in [1.165, 1.54) is 42.2 Å². The van der Waals surface area contributed by atoms with E-state index in [1.54, 1.807) is 0 Å². The highest BCUT2D eigenvalue weighted by molar-refractivity contribution is 5.95. The molecular formula is C20H23N5. The largest absolute Gasteiger partial charge is 0.360 e. The molecule has 1 aromatic carbocycles. The summed E-state index contributed by atoms with van der Waals surface area (Å²) in [5.74, 6) is 1.37. The van der Waals surface area contributed by atoms with E-state index >= 15 is 0 Å². The van der Waals surface area contributed by atoms with E-state index in [9.17, 15) is 0 Å². The van der Waals surface area contributed by atoms with E-state index in [1.807, 2.05) is 6.20 Å². The second-order valence-electron chi connectivity index (χ2n) is 7.21. The number of H-pyrrole nitrogens is 1. The highest BCUT2D eigenvalue weighted by Gasteiger charge is 2.29. The minimum atomic E-state index is 0.413. The maximum Gasteiger partial charge on any atom is 0.223 e. The maximum atomic E-state index is 4.95. The molecule has 3 heterocycles. The molecule has 0 bridgehead atoms. The van der Waals surface area contributed by atoms with Gasteiger partial charge >= 0.3 is 0 Å². The van der Waals surface area contributed by atoms with Gasteiger partial charge in [0.1, 0.15) is 0 Å². The summed E-state index contributed by atoms with van der Waals surface area (Å²) in [6, 6.07) is 8.84. The molecule has 25 heavy (non-hydrogen) atoms. The van der Waals surface area contributed by atoms with Gasteiger partial charge in [-0.05, 0) is 44.2 Å². The van der Waals surface area contributed by atoms with Crippen molar-refractivity contribution < 1.29 is 0 Å². The van der Waals surface area contributed by atoms with Crippen LogP contribution >= 0.6 is 0 Å². The summed E-state index contributed by atoms with van der Waals surface area (Å²) in [5.41, 5.74) is 4.71. The van der Waals surface area contributed by atoms with Gasteiger partial charge in [-0.1, -0.05) is 18.2 Å². The summed E-state index contributed by atoms with van der Waals surface area (Å²) >= 11 is 0. The van der Waals surface area contributed by atoms with Crippen LogP contribution in [0.2, 0.25) is 0 Å². The summed E-state index contributed by atoms with van der Waals surface area (Å²) < 4.78 is 0. The fourth-order valence-electron chi connectivity index (χ4n) is 3.79. The number of aromatic amines is 1. The molecule has 128 valence electrons. The molecule has 5 heteroatoms. The van der Waals surface area contributed by atoms with Crippen molar-refractivity contribution in [2.45, 2.75) is 37.6 Å². The van der Waals surface area contributed by atoms with E-state index in [2.05, 4.69) is 51.1 Å². The molecule has 1 saturated carbocycles. The Kier molecular flexibility index (Phi) is 3.67. The van der Waals surface area contributed by atoms with E-state index in [0.717, 1.165) is 30.2 Å². The molecule has 1 aliphatic carbocycles. The first-order valence-electron chi connectivity index (χ1n) is 9.29. The second kappa shape index (κ2) is 6.15. The second-order valence-corrected chi connectivity index (χ2v) is 7.21. The van der Waals surface area contributed by atoms with Gasteiger partial charge in [-0.15, -0.1) is 0 Å². The van der Waals surface area contributed by atoms with Gasteiger partial charge in [-0.2, -0.15) is 0 Å². The van der Waals surface area contributed by atoms with Gasteiger partial charge in [-0.25, -0.2) is 9.97 Å². The summed E-state index contributed by atoms with van der Waals surface area (Å²) in [6.45, 7) is 2.09. The lowest BCUT2D eigenvalue weighted by Crippen LogP contribution is -2.38. The molecule has 2 aromatic heterocycles. The van der Waals surface area contributed by atoms with Crippen molar-refractivity contribution in [2.24, 2.45) is 0 Å². The van der Waals surface area contributed by atoms with Crippen molar-refractivity contribution in [1.82, 2.24) is 20.3 Å². The Bertz CT molecular complexity index is 890. The van der Waals surface area contributed by atoms with Crippen molar-refractivity contribution in [2.75, 3.05) is 18.4 Å². The summed E-state index contributed by atoms with van der Waals surface area (Å²) in [5, 5.41) is 8.19. The molecule has 3 N–H and O–H groups in total. The normalized spacial score (nSPS) is 20.7. The zero-order valence-corrected chi connectivity index (χ0v) is 14.3. The highest BCUT2D eigenvalue weighted by Crippen LogP contribution is 2.44. The minimum Gasteiger partial charge on any atom is -0.360 e. The predicted octanol–water partition coefficient (Wildman–Crippen LogP) is 3.67. The molecule has 2 aliphatic rings. The Morgan fingerprint density at radius 3 is 2.88 bits per heavy atom. The smallest absolute Gasteiger partial charge is 0.223 e. The lowest BCUT2D eigenvalue weighted by atomic mass is 10.0. The first kappa shape index (κ1) is 14.9. The van der Waals surface area contributed by atoms with Crippen LogP contribution in [0.25, 0.3) is 22.2 Å². The third-order valence-electron chi connectivity index (χ3n) is 5.31. The number of hydrogen-bond donors (Lipinski definition) is 3. The first-order chi connectivity index (χ1) is 12.4. The van der Waals surface area contributed by atoms with Gasteiger partial charge in [0.05, 0.1) is 5.69 Å². The number of benzene rings is 1. The number of nitrogens with zero attached hydrogens (tertiary/aromatic N) is 2. The van der Waals surface area contributed by atoms with Crippen molar-refractivity contribution in [3.63, 3.8) is 0 Å². The van der Waals surface area contributed by atoms with Crippen LogP contribution in [-0.4, -0.2) is 34.1 Å². The van der Waals surface area contributed by atoms with Crippen LogP contribution < -0.4 is 10.6 Å². The Hall–Kier alpha value is -2.40. The number of aromatic nitrogens is 3. The van der Waals surface area contributed by atoms with Crippen molar-refractivity contribution >= 4 is 16.9 Å². The molecule has 2 fully saturated rings. The Labute approximate surface area is 147 Å². The molecule has 5 rings (SSSR count). The van der Waals surface area contributed by atoms with Gasteiger partial charge < -0.3 is 15.6 Å². The van der Waals surface area contributed by atoms with E-state index in [4.69, 9.17) is 4.98 Å². The van der Waals surface area contributed by atoms with Crippen LogP contribution in [0.1, 0.15) is 37.2 Å². The van der Waals surface area contributed by atoms with Gasteiger partial charge in [0.2, 0.25) is 5.95 Å². The number of hydrogen-bond acceptors (Lipinski definition) is 4. The van der Waals surface area contributed by atoms with Crippen LogP contribution in [0.5, 0.6) is 0 Å². The van der Waals surface area contributed by atoms with Crippen molar-refractivity contribution in [1.29, 1.82) is 0 Å². The molecular weight excluding hydrogens is 310 g/mol. The van der Waals surface area contributed by atoms with Gasteiger partial charge in [-0.3, -0.25) is 0 Å². The zero-order chi connectivity index (χ0) is 16.6. The average molecular weight is 333 g/mol. The molecule has 0 amide bonds. The highest BCUT2D eigenvalue weighted by atomic mass is 15.1. The third-order valence-corrected chi connectivity index (χ3v) is 5.31. The van der Waals surface area contributed by atoms with Gasteiger partial charge in [0.25, 0.3) is 0 Å². The lowest BCUT2D eigenvalue weighted by Gasteiger charge is -2.24. The Morgan fingerprint density at radius 1 is 1.12 bits per heavy atom. The van der Waals surface area contributed by atoms with E-state index in [0.29, 0.717) is 12.0 Å². The number of fused-ring (bicyclic) bond motifs is 1. The monoisotopic (exact) mass is 333 g/mol. The van der Waals surface area contributed by atoms with Crippen LogP contribution in [-0.2, 0) is 0 Å². The van der Waals surface area contributed by atoms with Crippen LogP contribution in [0.15, 0.2) is 36.7 Å². The Balaban J connectivity index is 1.55. The SMILES string of the molecule is c1ccc2c(-c3nc(N[C@H]4CCCNC4)ncc3C3CC3)c[nH]c2c1. The predicted molar refractivity (Wildman–Crippen MR) is 101 cm³/mol. The quantitative estimate of drug-likeness (QED) is 0.682. The van der Waals surface area contributed by atoms with E-state index in [-0.39, 0.29) is 0 Å². The standard InChI is InChI=1S/C20H23N5/c1-2-6-18-15(5-1)17(12-22-18)19-16(13-7-8-13)11-23-20(25-19)24-14-4-3-9-21-10-14/h1-2,5-6,11-14,21-22H,3-4,7-10H2,(H,23,24,25)/t14-/m0/s1. The van der Waals surface area contributed by atoms with Gasteiger partial charge in [0, 0.05) is 47.0 Å². The molecule has 1 atom stereocenters. The summed E-state index contributed by atoms with van der Waals surface area (Å²) in [4.78, 5) is 13.0. The molecule has 1 saturated heterocycles. The number of piperidine rings is 1. The van der Waals surface area contributed by atoms with Crippen LogP contribution in [0, 0.1) is 0 Å².